The number of carbonyl (C=O) groups is 2. The Morgan fingerprint density at radius 3 is 2.56 bits per heavy atom. The molecule has 8 heteroatoms. The third-order valence-corrected chi connectivity index (χ3v) is 3.81. The molecule has 0 aliphatic rings. The molecule has 0 bridgehead atoms. The van der Waals surface area contributed by atoms with Crippen LogP contribution in [-0.4, -0.2) is 25.0 Å². The molecule has 3 N–H and O–H groups in total. The van der Waals surface area contributed by atoms with Crippen molar-refractivity contribution in [3.05, 3.63) is 63.9 Å². The maximum Gasteiger partial charge on any atom is 0.315 e. The van der Waals surface area contributed by atoms with Gasteiger partial charge in [-0.15, -0.1) is 0 Å². The topological polar surface area (TPSA) is 70.2 Å². The minimum atomic E-state index is -0.524. The molecule has 2 rings (SSSR count). The summed E-state index contributed by atoms with van der Waals surface area (Å²) >= 11 is 11.8. The van der Waals surface area contributed by atoms with E-state index in [9.17, 15) is 14.0 Å². The van der Waals surface area contributed by atoms with Gasteiger partial charge in [-0.25, -0.2) is 9.18 Å². The summed E-state index contributed by atoms with van der Waals surface area (Å²) in [6, 6.07) is 10.5. The molecule has 0 atom stereocenters. The van der Waals surface area contributed by atoms with Gasteiger partial charge in [0.25, 0.3) is 0 Å². The van der Waals surface area contributed by atoms with Crippen LogP contribution in [0.5, 0.6) is 0 Å². The fourth-order valence-corrected chi connectivity index (χ4v) is 2.36. The number of halogens is 3. The molecule has 25 heavy (non-hydrogen) atoms. The minimum absolute atomic E-state index is 0.242. The smallest absolute Gasteiger partial charge is 0.315 e. The molecule has 0 unspecified atom stereocenters. The van der Waals surface area contributed by atoms with Crippen molar-refractivity contribution in [2.45, 2.75) is 6.42 Å². The zero-order valence-electron chi connectivity index (χ0n) is 13.1. The van der Waals surface area contributed by atoms with E-state index in [4.69, 9.17) is 23.2 Å². The van der Waals surface area contributed by atoms with Gasteiger partial charge in [-0.2, -0.15) is 0 Å². The van der Waals surface area contributed by atoms with Gasteiger partial charge < -0.3 is 16.0 Å². The van der Waals surface area contributed by atoms with E-state index in [1.54, 1.807) is 30.3 Å². The van der Waals surface area contributed by atoms with E-state index in [-0.39, 0.29) is 18.9 Å². The maximum atomic E-state index is 13.4. The van der Waals surface area contributed by atoms with E-state index in [0.29, 0.717) is 27.7 Å². The molecule has 132 valence electrons. The Kier molecular flexibility index (Phi) is 7.03. The number of rotatable bonds is 6. The van der Waals surface area contributed by atoms with Crippen molar-refractivity contribution in [2.75, 3.05) is 18.4 Å². The fraction of sp³-hybridized carbons (Fsp3) is 0.176. The van der Waals surface area contributed by atoms with Gasteiger partial charge >= 0.3 is 6.03 Å². The van der Waals surface area contributed by atoms with Crippen LogP contribution in [0.15, 0.2) is 42.5 Å². The zero-order valence-corrected chi connectivity index (χ0v) is 14.6. The molecule has 0 saturated heterocycles. The van der Waals surface area contributed by atoms with Gasteiger partial charge in [0, 0.05) is 11.6 Å². The van der Waals surface area contributed by atoms with Crippen LogP contribution in [0.25, 0.3) is 0 Å². The first-order chi connectivity index (χ1) is 12.0. The Morgan fingerprint density at radius 2 is 1.80 bits per heavy atom. The van der Waals surface area contributed by atoms with Crippen LogP contribution in [0.1, 0.15) is 5.56 Å². The predicted octanol–water partition coefficient (Wildman–Crippen LogP) is 3.61. The molecular weight excluding hydrogens is 368 g/mol. The zero-order chi connectivity index (χ0) is 18.2. The Morgan fingerprint density at radius 1 is 1.04 bits per heavy atom. The Balaban J connectivity index is 1.71. The molecule has 0 radical (unpaired) electrons. The molecule has 3 amide bonds. The molecule has 0 aliphatic heterocycles. The Labute approximate surface area is 154 Å². The van der Waals surface area contributed by atoms with Crippen LogP contribution in [-0.2, 0) is 11.2 Å². The second kappa shape index (κ2) is 9.25. The number of carbonyl (C=O) groups excluding carboxylic acids is 2. The second-order valence-electron chi connectivity index (χ2n) is 5.12. The summed E-state index contributed by atoms with van der Waals surface area (Å²) in [6.07, 6.45) is 0.352. The molecule has 0 fully saturated rings. The fourth-order valence-electron chi connectivity index (χ4n) is 2.02. The number of benzene rings is 2. The molecule has 0 saturated carbocycles. The molecule has 2 aromatic rings. The third-order valence-electron chi connectivity index (χ3n) is 3.25. The summed E-state index contributed by atoms with van der Waals surface area (Å²) in [4.78, 5) is 23.5. The number of hydrogen-bond acceptors (Lipinski definition) is 2. The predicted molar refractivity (Wildman–Crippen MR) is 96.6 cm³/mol. The minimum Gasteiger partial charge on any atom is -0.338 e. The standard InChI is InChI=1S/C17H16Cl2FN3O2/c18-12-5-6-13(19)15(9-12)23-16(24)10-22-17(25)21-8-7-11-3-1-2-4-14(11)20/h1-6,9H,7-8,10H2,(H,23,24)(H2,21,22,25). The van der Waals surface area contributed by atoms with Crippen molar-refractivity contribution in [3.63, 3.8) is 0 Å². The lowest BCUT2D eigenvalue weighted by Crippen LogP contribution is -2.40. The van der Waals surface area contributed by atoms with Crippen LogP contribution in [0.4, 0.5) is 14.9 Å². The van der Waals surface area contributed by atoms with Crippen molar-refractivity contribution in [2.24, 2.45) is 0 Å². The largest absolute Gasteiger partial charge is 0.338 e. The Bertz CT molecular complexity index is 771. The van der Waals surface area contributed by atoms with E-state index < -0.39 is 11.9 Å². The van der Waals surface area contributed by atoms with Crippen molar-refractivity contribution in [1.82, 2.24) is 10.6 Å². The lowest BCUT2D eigenvalue weighted by atomic mass is 10.1. The van der Waals surface area contributed by atoms with Crippen LogP contribution in [0, 0.1) is 5.82 Å². The molecule has 0 heterocycles. The van der Waals surface area contributed by atoms with Gasteiger partial charge in [-0.05, 0) is 36.2 Å². The monoisotopic (exact) mass is 383 g/mol. The highest BCUT2D eigenvalue weighted by molar-refractivity contribution is 6.35. The van der Waals surface area contributed by atoms with Crippen molar-refractivity contribution in [3.8, 4) is 0 Å². The number of hydrogen-bond donors (Lipinski definition) is 3. The number of nitrogens with one attached hydrogen (secondary N) is 3. The molecule has 5 nitrogen and oxygen atoms in total. The van der Waals surface area contributed by atoms with E-state index in [2.05, 4.69) is 16.0 Å². The highest BCUT2D eigenvalue weighted by Crippen LogP contribution is 2.25. The van der Waals surface area contributed by atoms with E-state index in [1.807, 2.05) is 0 Å². The highest BCUT2D eigenvalue weighted by Gasteiger charge is 2.09. The van der Waals surface area contributed by atoms with E-state index in [0.717, 1.165) is 0 Å². The Hall–Kier alpha value is -2.31. The van der Waals surface area contributed by atoms with Gasteiger partial charge in [0.15, 0.2) is 0 Å². The van der Waals surface area contributed by atoms with Crippen LogP contribution >= 0.6 is 23.2 Å². The van der Waals surface area contributed by atoms with Gasteiger partial charge in [0.1, 0.15) is 5.82 Å². The molecule has 0 aliphatic carbocycles. The lowest BCUT2D eigenvalue weighted by molar-refractivity contribution is -0.115. The number of amides is 3. The first-order valence-corrected chi connectivity index (χ1v) is 8.21. The van der Waals surface area contributed by atoms with E-state index >= 15 is 0 Å². The highest BCUT2D eigenvalue weighted by atomic mass is 35.5. The van der Waals surface area contributed by atoms with Crippen molar-refractivity contribution < 1.29 is 14.0 Å². The lowest BCUT2D eigenvalue weighted by Gasteiger charge is -2.10. The quantitative estimate of drug-likeness (QED) is 0.712. The first kappa shape index (κ1) is 19.0. The number of urea groups is 1. The summed E-state index contributed by atoms with van der Waals surface area (Å²) in [5.74, 6) is -0.768. The summed E-state index contributed by atoms with van der Waals surface area (Å²) in [6.45, 7) is 0.00286. The molecular formula is C17H16Cl2FN3O2. The molecule has 0 aromatic heterocycles. The SMILES string of the molecule is O=C(CNC(=O)NCCc1ccccc1F)Nc1cc(Cl)ccc1Cl. The summed E-state index contributed by atoms with van der Waals surface area (Å²) < 4.78 is 13.4. The average molecular weight is 384 g/mol. The van der Waals surface area contributed by atoms with Crippen LogP contribution in [0.3, 0.4) is 0 Å². The summed E-state index contributed by atoms with van der Waals surface area (Å²) in [7, 11) is 0. The number of anilines is 1. The van der Waals surface area contributed by atoms with Crippen LogP contribution < -0.4 is 16.0 Å². The summed E-state index contributed by atoms with van der Waals surface area (Å²) in [5, 5.41) is 8.28. The van der Waals surface area contributed by atoms with Gasteiger partial charge in [-0.1, -0.05) is 41.4 Å². The van der Waals surface area contributed by atoms with E-state index in [1.165, 1.54) is 12.1 Å². The van der Waals surface area contributed by atoms with Gasteiger partial charge in [0.2, 0.25) is 5.91 Å². The van der Waals surface area contributed by atoms with Crippen molar-refractivity contribution >= 4 is 40.8 Å². The second-order valence-corrected chi connectivity index (χ2v) is 5.97. The van der Waals surface area contributed by atoms with Gasteiger partial charge in [0.05, 0.1) is 17.3 Å². The van der Waals surface area contributed by atoms with Gasteiger partial charge in [-0.3, -0.25) is 4.79 Å². The summed E-state index contributed by atoms with van der Waals surface area (Å²) in [5.41, 5.74) is 0.872. The normalized spacial score (nSPS) is 10.2. The first-order valence-electron chi connectivity index (χ1n) is 7.45. The molecule has 2 aromatic carbocycles. The maximum absolute atomic E-state index is 13.4. The van der Waals surface area contributed by atoms with Crippen molar-refractivity contribution in [1.29, 1.82) is 0 Å². The van der Waals surface area contributed by atoms with Crippen LogP contribution in [0.2, 0.25) is 10.0 Å². The average Bonchev–Trinajstić information content (AvgIpc) is 2.58. The molecule has 0 spiro atoms. The third kappa shape index (κ3) is 6.25.